The van der Waals surface area contributed by atoms with Crippen molar-refractivity contribution in [1.29, 1.82) is 0 Å². The summed E-state index contributed by atoms with van der Waals surface area (Å²) in [5.41, 5.74) is 2.50. The molecule has 2 amide bonds. The van der Waals surface area contributed by atoms with Crippen LogP contribution in [0.15, 0.2) is 0 Å². The van der Waals surface area contributed by atoms with Gasteiger partial charge in [-0.1, -0.05) is 54.4 Å². The number of hydrazine groups is 1. The molecule has 7 atom stereocenters. The Balaban J connectivity index is 2.14. The number of methoxy groups -OCH3 is 1. The number of nitrogens with zero attached hydrogens (tertiary/aromatic N) is 1. The lowest BCUT2D eigenvalue weighted by atomic mass is 9.75. The molecule has 0 radical (unpaired) electrons. The lowest BCUT2D eigenvalue weighted by Gasteiger charge is -2.39. The molecule has 0 heterocycles. The molecule has 2 rings (SSSR count). The third-order valence-corrected chi connectivity index (χ3v) is 7.77. The van der Waals surface area contributed by atoms with Crippen molar-refractivity contribution in [1.82, 2.24) is 10.4 Å². The highest BCUT2D eigenvalue weighted by atomic mass is 16.6. The lowest BCUT2D eigenvalue weighted by Crippen LogP contribution is -2.56. The van der Waals surface area contributed by atoms with E-state index >= 15 is 0 Å². The average Bonchev–Trinajstić information content (AvgIpc) is 2.76. The van der Waals surface area contributed by atoms with Gasteiger partial charge >= 0.3 is 18.2 Å². The molecular weight excluding hydrogens is 436 g/mol. The van der Waals surface area contributed by atoms with E-state index in [2.05, 4.69) is 47.0 Å². The Labute approximate surface area is 205 Å². The molecule has 0 spiro atoms. The first-order valence-electron chi connectivity index (χ1n) is 13.0. The number of carbonyl (C=O) groups excluding carboxylic acids is 3. The number of hydrogen-bond acceptors (Lipinski definition) is 6. The molecule has 0 aromatic heterocycles. The van der Waals surface area contributed by atoms with Crippen LogP contribution in [-0.4, -0.2) is 48.5 Å². The normalized spacial score (nSPS) is 30.4. The number of carbonyl (C=O) groups is 3. The summed E-state index contributed by atoms with van der Waals surface area (Å²) in [6, 6.07) is -1.06. The molecule has 2 aliphatic carbocycles. The first-order chi connectivity index (χ1) is 15.9. The van der Waals surface area contributed by atoms with E-state index in [4.69, 9.17) is 14.2 Å². The Bertz CT molecular complexity index is 697. The van der Waals surface area contributed by atoms with Gasteiger partial charge in [0, 0.05) is 0 Å². The monoisotopic (exact) mass is 482 g/mol. The standard InChI is InChI=1S/C26H46N2O6/c1-15(2)20-11-9-17(5)13-22(20)33-25(30)27-28(19(7)24(29)32-8)26(31)34-23-14-18(6)10-12-21(23)16(3)4/h15-23H,9-14H2,1-8H3,(H,27,30)/t17-,18-,19-,20+,21+,22-,23-/m0/s1. The summed E-state index contributed by atoms with van der Waals surface area (Å²) >= 11 is 0. The van der Waals surface area contributed by atoms with E-state index in [0.717, 1.165) is 43.5 Å². The van der Waals surface area contributed by atoms with E-state index in [1.165, 1.54) is 14.0 Å². The van der Waals surface area contributed by atoms with E-state index < -0.39 is 24.2 Å². The van der Waals surface area contributed by atoms with Crippen LogP contribution in [0.3, 0.4) is 0 Å². The van der Waals surface area contributed by atoms with Crippen molar-refractivity contribution < 1.29 is 28.6 Å². The maximum Gasteiger partial charge on any atom is 0.429 e. The summed E-state index contributed by atoms with van der Waals surface area (Å²) in [5, 5.41) is 0.918. The molecule has 0 unspecified atom stereocenters. The van der Waals surface area contributed by atoms with Crippen LogP contribution in [0.4, 0.5) is 9.59 Å². The van der Waals surface area contributed by atoms with Gasteiger partial charge in [-0.05, 0) is 68.1 Å². The van der Waals surface area contributed by atoms with E-state index in [1.807, 2.05) is 0 Å². The van der Waals surface area contributed by atoms with Crippen molar-refractivity contribution in [3.8, 4) is 0 Å². The van der Waals surface area contributed by atoms with Gasteiger partial charge in [-0.25, -0.2) is 24.8 Å². The fourth-order valence-electron chi connectivity index (χ4n) is 5.53. The highest BCUT2D eigenvalue weighted by molar-refractivity contribution is 5.82. The summed E-state index contributed by atoms with van der Waals surface area (Å²) in [4.78, 5) is 38.4. The minimum Gasteiger partial charge on any atom is -0.467 e. The quantitative estimate of drug-likeness (QED) is 0.303. The smallest absolute Gasteiger partial charge is 0.429 e. The number of amides is 2. The predicted octanol–water partition coefficient (Wildman–Crippen LogP) is 5.55. The van der Waals surface area contributed by atoms with Gasteiger partial charge in [0.05, 0.1) is 7.11 Å². The molecule has 0 aromatic rings. The van der Waals surface area contributed by atoms with Crippen LogP contribution in [0.25, 0.3) is 0 Å². The molecule has 2 saturated carbocycles. The fourth-order valence-corrected chi connectivity index (χ4v) is 5.53. The van der Waals surface area contributed by atoms with Gasteiger partial charge in [0.15, 0.2) is 6.04 Å². The van der Waals surface area contributed by atoms with Gasteiger partial charge in [-0.15, -0.1) is 0 Å². The maximum atomic E-state index is 13.2. The van der Waals surface area contributed by atoms with Gasteiger partial charge in [-0.3, -0.25) is 0 Å². The molecule has 0 aliphatic heterocycles. The van der Waals surface area contributed by atoms with Gasteiger partial charge in [0.25, 0.3) is 0 Å². The molecule has 196 valence electrons. The van der Waals surface area contributed by atoms with Crippen LogP contribution >= 0.6 is 0 Å². The second-order valence-electron chi connectivity index (χ2n) is 11.2. The van der Waals surface area contributed by atoms with Gasteiger partial charge in [-0.2, -0.15) is 0 Å². The second kappa shape index (κ2) is 12.6. The topological polar surface area (TPSA) is 94.2 Å². The van der Waals surface area contributed by atoms with Crippen LogP contribution in [-0.2, 0) is 19.0 Å². The van der Waals surface area contributed by atoms with Crippen LogP contribution in [0.5, 0.6) is 0 Å². The molecule has 8 heteroatoms. The highest BCUT2D eigenvalue weighted by Crippen LogP contribution is 2.36. The molecular formula is C26H46N2O6. The van der Waals surface area contributed by atoms with Crippen LogP contribution < -0.4 is 5.43 Å². The summed E-state index contributed by atoms with van der Waals surface area (Å²) in [5.74, 6) is 1.48. The van der Waals surface area contributed by atoms with Crippen molar-refractivity contribution in [2.24, 2.45) is 35.5 Å². The van der Waals surface area contributed by atoms with Crippen LogP contribution in [0.2, 0.25) is 0 Å². The number of rotatable bonds is 6. The third kappa shape index (κ3) is 7.51. The molecule has 2 fully saturated rings. The SMILES string of the molecule is COC(=O)[C@H](C)N(NC(=O)O[C@H]1C[C@@H](C)CC[C@@H]1C(C)C)C(=O)O[C@H]1C[C@@H](C)CC[C@@H]1C(C)C. The van der Waals surface area contributed by atoms with Crippen molar-refractivity contribution >= 4 is 18.2 Å². The zero-order chi connectivity index (χ0) is 25.6. The minimum atomic E-state index is -1.06. The molecule has 0 bridgehead atoms. The summed E-state index contributed by atoms with van der Waals surface area (Å²) < 4.78 is 16.5. The predicted molar refractivity (Wildman–Crippen MR) is 130 cm³/mol. The van der Waals surface area contributed by atoms with Crippen LogP contribution in [0.1, 0.15) is 87.0 Å². The van der Waals surface area contributed by atoms with Gasteiger partial charge in [0.2, 0.25) is 0 Å². The van der Waals surface area contributed by atoms with Crippen molar-refractivity contribution in [3.63, 3.8) is 0 Å². The van der Waals surface area contributed by atoms with E-state index in [0.29, 0.717) is 23.7 Å². The first kappa shape index (κ1) is 28.2. The van der Waals surface area contributed by atoms with Crippen molar-refractivity contribution in [3.05, 3.63) is 0 Å². The van der Waals surface area contributed by atoms with Gasteiger partial charge in [0.1, 0.15) is 12.2 Å². The Morgan fingerprint density at radius 1 is 0.794 bits per heavy atom. The Morgan fingerprint density at radius 2 is 1.26 bits per heavy atom. The van der Waals surface area contributed by atoms with Crippen LogP contribution in [0, 0.1) is 35.5 Å². The molecule has 8 nitrogen and oxygen atoms in total. The maximum absolute atomic E-state index is 13.2. The molecule has 34 heavy (non-hydrogen) atoms. The molecule has 1 N–H and O–H groups in total. The van der Waals surface area contributed by atoms with E-state index in [-0.39, 0.29) is 24.0 Å². The van der Waals surface area contributed by atoms with Gasteiger partial charge < -0.3 is 14.2 Å². The number of hydrogen-bond donors (Lipinski definition) is 1. The zero-order valence-electron chi connectivity index (χ0n) is 22.3. The summed E-state index contributed by atoms with van der Waals surface area (Å²) in [6.07, 6.45) is 3.70. The number of esters is 1. The highest BCUT2D eigenvalue weighted by Gasteiger charge is 2.38. The first-order valence-corrected chi connectivity index (χ1v) is 13.0. The van der Waals surface area contributed by atoms with Crippen molar-refractivity contribution in [2.75, 3.05) is 7.11 Å². The lowest BCUT2D eigenvalue weighted by molar-refractivity contribution is -0.147. The minimum absolute atomic E-state index is 0.234. The second-order valence-corrected chi connectivity index (χ2v) is 11.2. The molecule has 0 aromatic carbocycles. The zero-order valence-corrected chi connectivity index (χ0v) is 22.3. The largest absolute Gasteiger partial charge is 0.467 e. The van der Waals surface area contributed by atoms with Crippen molar-refractivity contribution in [2.45, 2.75) is 105 Å². The number of ether oxygens (including phenoxy) is 3. The Hall–Kier alpha value is -1.99. The summed E-state index contributed by atoms with van der Waals surface area (Å²) in [6.45, 7) is 14.3. The molecule has 0 saturated heterocycles. The van der Waals surface area contributed by atoms with E-state index in [1.54, 1.807) is 0 Å². The number of nitrogens with one attached hydrogen (secondary N) is 1. The van der Waals surface area contributed by atoms with E-state index in [9.17, 15) is 14.4 Å². The fraction of sp³-hybridized carbons (Fsp3) is 0.885. The molecule has 2 aliphatic rings. The summed E-state index contributed by atoms with van der Waals surface area (Å²) in [7, 11) is 1.24. The Morgan fingerprint density at radius 3 is 1.71 bits per heavy atom. The third-order valence-electron chi connectivity index (χ3n) is 7.77. The average molecular weight is 483 g/mol. The Kier molecular flexibility index (Phi) is 10.5.